The van der Waals surface area contributed by atoms with Gasteiger partial charge in [-0.15, -0.1) is 0 Å². The predicted octanol–water partition coefficient (Wildman–Crippen LogP) is 0.306. The van der Waals surface area contributed by atoms with Crippen molar-refractivity contribution in [1.82, 2.24) is 19.8 Å². The normalized spacial score (nSPS) is 15.1. The standard InChI is InChI=1S/C13H16N4O3/c1-3-9-4-5-12(20-10-7-19-8-10)11(6-9)17-13(18)16(2)14-15-17/h4-6,10H,3,7-8H2,1-2H3. The third-order valence-electron chi connectivity index (χ3n) is 3.28. The first-order valence-electron chi connectivity index (χ1n) is 6.55. The molecule has 0 amide bonds. The number of ether oxygens (including phenoxy) is 2. The van der Waals surface area contributed by atoms with E-state index in [1.807, 2.05) is 18.2 Å². The van der Waals surface area contributed by atoms with E-state index in [-0.39, 0.29) is 11.8 Å². The summed E-state index contributed by atoms with van der Waals surface area (Å²) >= 11 is 0. The van der Waals surface area contributed by atoms with Crippen molar-refractivity contribution < 1.29 is 9.47 Å². The van der Waals surface area contributed by atoms with E-state index in [0.29, 0.717) is 24.7 Å². The molecule has 7 heteroatoms. The molecule has 0 unspecified atom stereocenters. The van der Waals surface area contributed by atoms with E-state index < -0.39 is 0 Å². The van der Waals surface area contributed by atoms with Gasteiger partial charge in [-0.05, 0) is 34.5 Å². The van der Waals surface area contributed by atoms with Gasteiger partial charge in [-0.1, -0.05) is 13.0 Å². The van der Waals surface area contributed by atoms with Crippen molar-refractivity contribution >= 4 is 0 Å². The Kier molecular flexibility index (Phi) is 3.27. The maximum atomic E-state index is 12.0. The molecule has 20 heavy (non-hydrogen) atoms. The van der Waals surface area contributed by atoms with Crippen LogP contribution < -0.4 is 10.4 Å². The smallest absolute Gasteiger partial charge is 0.368 e. The lowest BCUT2D eigenvalue weighted by Crippen LogP contribution is -2.39. The molecule has 2 heterocycles. The molecular weight excluding hydrogens is 260 g/mol. The van der Waals surface area contributed by atoms with Crippen LogP contribution in [0.15, 0.2) is 23.0 Å². The van der Waals surface area contributed by atoms with Gasteiger partial charge in [-0.3, -0.25) is 0 Å². The molecule has 0 aliphatic carbocycles. The van der Waals surface area contributed by atoms with Gasteiger partial charge in [0.1, 0.15) is 17.5 Å². The van der Waals surface area contributed by atoms with Gasteiger partial charge in [0.05, 0.1) is 13.2 Å². The molecular formula is C13H16N4O3. The summed E-state index contributed by atoms with van der Waals surface area (Å²) in [6.45, 7) is 3.20. The fourth-order valence-electron chi connectivity index (χ4n) is 1.97. The Labute approximate surface area is 115 Å². The second-order valence-corrected chi connectivity index (χ2v) is 4.73. The number of hydrogen-bond donors (Lipinski definition) is 0. The molecule has 1 aliphatic heterocycles. The molecule has 0 radical (unpaired) electrons. The van der Waals surface area contributed by atoms with Crippen LogP contribution in [0.3, 0.4) is 0 Å². The summed E-state index contributed by atoms with van der Waals surface area (Å²) in [5.41, 5.74) is 1.43. The molecule has 2 aromatic rings. The minimum atomic E-state index is -0.298. The van der Waals surface area contributed by atoms with Crippen LogP contribution in [0.25, 0.3) is 5.69 Å². The molecule has 0 bridgehead atoms. The summed E-state index contributed by atoms with van der Waals surface area (Å²) in [7, 11) is 1.57. The number of rotatable bonds is 4. The van der Waals surface area contributed by atoms with Gasteiger partial charge in [-0.25, -0.2) is 4.79 Å². The Bertz CT molecular complexity index is 672. The number of benzene rings is 1. The van der Waals surface area contributed by atoms with Crippen LogP contribution in [0.2, 0.25) is 0 Å². The first-order valence-corrected chi connectivity index (χ1v) is 6.55. The molecule has 0 atom stereocenters. The lowest BCUT2D eigenvalue weighted by atomic mass is 10.1. The third-order valence-corrected chi connectivity index (χ3v) is 3.28. The van der Waals surface area contributed by atoms with Crippen LogP contribution >= 0.6 is 0 Å². The average Bonchev–Trinajstić information content (AvgIpc) is 2.74. The lowest BCUT2D eigenvalue weighted by molar-refractivity contribution is -0.0797. The second-order valence-electron chi connectivity index (χ2n) is 4.73. The van der Waals surface area contributed by atoms with Crippen LogP contribution in [-0.2, 0) is 18.2 Å². The van der Waals surface area contributed by atoms with E-state index in [4.69, 9.17) is 9.47 Å². The van der Waals surface area contributed by atoms with Crippen LogP contribution in [0, 0.1) is 0 Å². The topological polar surface area (TPSA) is 71.2 Å². The minimum Gasteiger partial charge on any atom is -0.483 e. The van der Waals surface area contributed by atoms with Crippen molar-refractivity contribution in [2.24, 2.45) is 7.05 Å². The second kappa shape index (κ2) is 5.09. The zero-order valence-corrected chi connectivity index (χ0v) is 11.4. The molecule has 7 nitrogen and oxygen atoms in total. The third kappa shape index (κ3) is 2.20. The molecule has 3 rings (SSSR count). The number of nitrogens with zero attached hydrogens (tertiary/aromatic N) is 4. The summed E-state index contributed by atoms with van der Waals surface area (Å²) in [6.07, 6.45) is 0.906. The maximum Gasteiger partial charge on any atom is 0.368 e. The van der Waals surface area contributed by atoms with Gasteiger partial charge < -0.3 is 9.47 Å². The highest BCUT2D eigenvalue weighted by Gasteiger charge is 2.22. The van der Waals surface area contributed by atoms with E-state index in [0.717, 1.165) is 12.0 Å². The van der Waals surface area contributed by atoms with Crippen molar-refractivity contribution in [2.45, 2.75) is 19.4 Å². The first kappa shape index (κ1) is 12.9. The van der Waals surface area contributed by atoms with Gasteiger partial charge in [0.15, 0.2) is 0 Å². The molecule has 0 spiro atoms. The van der Waals surface area contributed by atoms with E-state index in [9.17, 15) is 4.79 Å². The molecule has 1 saturated heterocycles. The van der Waals surface area contributed by atoms with E-state index in [2.05, 4.69) is 17.4 Å². The fraction of sp³-hybridized carbons (Fsp3) is 0.462. The van der Waals surface area contributed by atoms with Crippen LogP contribution in [0.1, 0.15) is 12.5 Å². The van der Waals surface area contributed by atoms with Crippen molar-refractivity contribution in [3.63, 3.8) is 0 Å². The monoisotopic (exact) mass is 276 g/mol. The summed E-state index contributed by atoms with van der Waals surface area (Å²) < 4.78 is 13.4. The summed E-state index contributed by atoms with van der Waals surface area (Å²) in [6, 6.07) is 5.76. The largest absolute Gasteiger partial charge is 0.483 e. The van der Waals surface area contributed by atoms with Gasteiger partial charge in [0.2, 0.25) is 0 Å². The van der Waals surface area contributed by atoms with Crippen molar-refractivity contribution in [3.8, 4) is 11.4 Å². The summed E-state index contributed by atoms with van der Waals surface area (Å²) in [5.74, 6) is 0.623. The molecule has 1 fully saturated rings. The van der Waals surface area contributed by atoms with Crippen molar-refractivity contribution in [3.05, 3.63) is 34.2 Å². The Hall–Kier alpha value is -2.15. The van der Waals surface area contributed by atoms with Gasteiger partial charge in [-0.2, -0.15) is 9.36 Å². The highest BCUT2D eigenvalue weighted by atomic mass is 16.6. The molecule has 1 aromatic carbocycles. The highest BCUT2D eigenvalue weighted by molar-refractivity contribution is 5.48. The Balaban J connectivity index is 2.05. The van der Waals surface area contributed by atoms with Gasteiger partial charge >= 0.3 is 5.69 Å². The minimum absolute atomic E-state index is 0.0357. The molecule has 1 aromatic heterocycles. The lowest BCUT2D eigenvalue weighted by Gasteiger charge is -2.27. The molecule has 106 valence electrons. The van der Waals surface area contributed by atoms with Crippen LogP contribution in [0.4, 0.5) is 0 Å². The van der Waals surface area contributed by atoms with Gasteiger partial charge in [0.25, 0.3) is 0 Å². The van der Waals surface area contributed by atoms with E-state index in [1.165, 1.54) is 9.36 Å². The van der Waals surface area contributed by atoms with Crippen molar-refractivity contribution in [2.75, 3.05) is 13.2 Å². The van der Waals surface area contributed by atoms with E-state index >= 15 is 0 Å². The summed E-state index contributed by atoms with van der Waals surface area (Å²) in [5, 5.41) is 7.62. The Morgan fingerprint density at radius 3 is 2.75 bits per heavy atom. The van der Waals surface area contributed by atoms with E-state index in [1.54, 1.807) is 7.05 Å². The highest BCUT2D eigenvalue weighted by Crippen LogP contribution is 2.25. The number of aryl methyl sites for hydroxylation is 2. The number of aromatic nitrogens is 4. The Morgan fingerprint density at radius 1 is 1.40 bits per heavy atom. The molecule has 1 aliphatic rings. The average molecular weight is 276 g/mol. The Morgan fingerprint density at radius 2 is 2.20 bits per heavy atom. The van der Waals surface area contributed by atoms with Crippen LogP contribution in [0.5, 0.6) is 5.75 Å². The van der Waals surface area contributed by atoms with Gasteiger partial charge in [0, 0.05) is 7.05 Å². The quantitative estimate of drug-likeness (QED) is 0.803. The molecule has 0 saturated carbocycles. The molecule has 0 N–H and O–H groups in total. The van der Waals surface area contributed by atoms with Crippen LogP contribution in [-0.4, -0.2) is 39.1 Å². The van der Waals surface area contributed by atoms with Crippen molar-refractivity contribution in [1.29, 1.82) is 0 Å². The zero-order chi connectivity index (χ0) is 14.1. The fourth-order valence-corrected chi connectivity index (χ4v) is 1.97. The summed E-state index contributed by atoms with van der Waals surface area (Å²) in [4.78, 5) is 12.0. The maximum absolute atomic E-state index is 12.0. The predicted molar refractivity (Wildman–Crippen MR) is 71.2 cm³/mol. The number of tetrazole rings is 1. The first-order chi connectivity index (χ1) is 9.69. The zero-order valence-electron chi connectivity index (χ0n) is 11.4. The SMILES string of the molecule is CCc1ccc(OC2COC2)c(-n2nnn(C)c2=O)c1. The number of hydrogen-bond acceptors (Lipinski definition) is 5.